The normalized spacial score (nSPS) is 11.0. The highest BCUT2D eigenvalue weighted by Crippen LogP contribution is 2.24. The maximum atomic E-state index is 12.9. The van der Waals surface area contributed by atoms with Crippen molar-refractivity contribution in [2.24, 2.45) is 0 Å². The number of rotatable bonds is 7. The number of thioether (sulfide) groups is 1. The average Bonchev–Trinajstić information content (AvgIpc) is 2.73. The van der Waals surface area contributed by atoms with Gasteiger partial charge in [0.15, 0.2) is 5.16 Å². The molecule has 0 radical (unpaired) electrons. The van der Waals surface area contributed by atoms with E-state index in [9.17, 15) is 13.2 Å². The summed E-state index contributed by atoms with van der Waals surface area (Å²) in [5.41, 5.74) is 0.957. The van der Waals surface area contributed by atoms with E-state index in [1.165, 1.54) is 35.2 Å². The van der Waals surface area contributed by atoms with Crippen LogP contribution >= 0.6 is 11.8 Å². The monoisotopic (exact) mass is 414 g/mol. The second kappa shape index (κ2) is 8.85. The van der Waals surface area contributed by atoms with Gasteiger partial charge in [-0.05, 0) is 36.4 Å². The van der Waals surface area contributed by atoms with Crippen molar-refractivity contribution in [3.8, 4) is 0 Å². The van der Waals surface area contributed by atoms with Crippen LogP contribution in [0.15, 0.2) is 83.1 Å². The Morgan fingerprint density at radius 2 is 1.75 bits per heavy atom. The predicted molar refractivity (Wildman–Crippen MR) is 110 cm³/mol. The molecule has 28 heavy (non-hydrogen) atoms. The van der Waals surface area contributed by atoms with E-state index in [1.807, 2.05) is 6.07 Å². The molecule has 0 unspecified atom stereocenters. The Hall–Kier alpha value is -2.91. The van der Waals surface area contributed by atoms with Gasteiger partial charge in [0.2, 0.25) is 5.91 Å². The molecule has 0 fully saturated rings. The molecule has 0 aliphatic carbocycles. The van der Waals surface area contributed by atoms with Crippen molar-refractivity contribution >= 4 is 39.1 Å². The van der Waals surface area contributed by atoms with Crippen molar-refractivity contribution in [2.75, 3.05) is 22.4 Å². The molecule has 3 aromatic rings. The Bertz CT molecular complexity index is 1050. The topological polar surface area (TPSA) is 92.3 Å². The maximum Gasteiger partial charge on any atom is 0.264 e. The number of carbonyl (C=O) groups is 1. The number of amides is 1. The number of hydrogen-bond acceptors (Lipinski definition) is 6. The minimum absolute atomic E-state index is 0.0932. The summed E-state index contributed by atoms with van der Waals surface area (Å²) in [5.74, 6) is -0.159. The fraction of sp³-hybridized carbons (Fsp3) is 0.105. The zero-order valence-electron chi connectivity index (χ0n) is 15.0. The third-order valence-electron chi connectivity index (χ3n) is 3.77. The number of para-hydroxylation sites is 1. The minimum Gasteiger partial charge on any atom is -0.325 e. The van der Waals surface area contributed by atoms with E-state index in [-0.39, 0.29) is 16.6 Å². The Morgan fingerprint density at radius 3 is 2.46 bits per heavy atom. The van der Waals surface area contributed by atoms with Crippen LogP contribution in [-0.2, 0) is 14.8 Å². The summed E-state index contributed by atoms with van der Waals surface area (Å²) in [7, 11) is -2.26. The Balaban J connectivity index is 1.70. The van der Waals surface area contributed by atoms with Crippen LogP contribution in [0.2, 0.25) is 0 Å². The van der Waals surface area contributed by atoms with Gasteiger partial charge in [-0.1, -0.05) is 36.0 Å². The van der Waals surface area contributed by atoms with Gasteiger partial charge in [-0.3, -0.25) is 9.10 Å². The van der Waals surface area contributed by atoms with Crippen molar-refractivity contribution in [1.29, 1.82) is 0 Å². The van der Waals surface area contributed by atoms with E-state index in [1.54, 1.807) is 54.9 Å². The number of anilines is 2. The Labute approximate surface area is 167 Å². The minimum atomic E-state index is -3.75. The molecular weight excluding hydrogens is 396 g/mol. The molecule has 0 aliphatic rings. The van der Waals surface area contributed by atoms with E-state index < -0.39 is 10.0 Å². The molecule has 0 spiro atoms. The summed E-state index contributed by atoms with van der Waals surface area (Å²) in [5, 5.41) is 3.20. The van der Waals surface area contributed by atoms with Gasteiger partial charge in [0.1, 0.15) is 0 Å². The number of nitrogens with one attached hydrogen (secondary N) is 1. The van der Waals surface area contributed by atoms with Crippen LogP contribution in [0, 0.1) is 0 Å². The number of benzene rings is 2. The summed E-state index contributed by atoms with van der Waals surface area (Å²) in [6.07, 6.45) is 3.20. The smallest absolute Gasteiger partial charge is 0.264 e. The van der Waals surface area contributed by atoms with E-state index >= 15 is 0 Å². The first-order chi connectivity index (χ1) is 13.5. The molecule has 1 amide bonds. The van der Waals surface area contributed by atoms with Crippen molar-refractivity contribution in [3.63, 3.8) is 0 Å². The molecule has 1 aromatic heterocycles. The van der Waals surface area contributed by atoms with Crippen LogP contribution in [0.5, 0.6) is 0 Å². The van der Waals surface area contributed by atoms with Crippen molar-refractivity contribution in [3.05, 3.63) is 73.1 Å². The van der Waals surface area contributed by atoms with Crippen molar-refractivity contribution < 1.29 is 13.2 Å². The summed E-state index contributed by atoms with van der Waals surface area (Å²) in [6.45, 7) is 0. The third-order valence-corrected chi connectivity index (χ3v) is 6.43. The molecule has 0 bridgehead atoms. The molecule has 9 heteroatoms. The van der Waals surface area contributed by atoms with Gasteiger partial charge in [0.05, 0.1) is 16.3 Å². The quantitative estimate of drug-likeness (QED) is 0.472. The lowest BCUT2D eigenvalue weighted by Gasteiger charge is -2.19. The zero-order valence-corrected chi connectivity index (χ0v) is 16.7. The first-order valence-electron chi connectivity index (χ1n) is 8.30. The van der Waals surface area contributed by atoms with Gasteiger partial charge in [-0.25, -0.2) is 18.4 Å². The van der Waals surface area contributed by atoms with E-state index in [4.69, 9.17) is 0 Å². The standard InChI is InChI=1S/C19H18N4O3S2/c1-23(16-8-3-2-4-9-16)28(25,26)17-10-5-7-15(13-17)22-18(24)14-27-19-20-11-6-12-21-19/h2-13H,14H2,1H3,(H,22,24). The second-order valence-electron chi connectivity index (χ2n) is 5.70. The predicted octanol–water partition coefficient (Wildman–Crippen LogP) is 3.03. The lowest BCUT2D eigenvalue weighted by molar-refractivity contribution is -0.113. The lowest BCUT2D eigenvalue weighted by Crippen LogP contribution is -2.26. The Morgan fingerprint density at radius 1 is 1.04 bits per heavy atom. The highest BCUT2D eigenvalue weighted by Gasteiger charge is 2.21. The molecule has 1 heterocycles. The zero-order chi connectivity index (χ0) is 20.0. The summed E-state index contributed by atoms with van der Waals surface area (Å²) >= 11 is 1.20. The van der Waals surface area contributed by atoms with Gasteiger partial charge in [-0.15, -0.1) is 0 Å². The molecule has 1 N–H and O–H groups in total. The van der Waals surface area contributed by atoms with E-state index in [0.29, 0.717) is 16.5 Å². The van der Waals surface area contributed by atoms with Gasteiger partial charge in [0, 0.05) is 25.1 Å². The van der Waals surface area contributed by atoms with Crippen molar-refractivity contribution in [2.45, 2.75) is 10.1 Å². The van der Waals surface area contributed by atoms with Gasteiger partial charge < -0.3 is 5.32 Å². The molecule has 0 atom stereocenters. The van der Waals surface area contributed by atoms with Crippen LogP contribution in [0.4, 0.5) is 11.4 Å². The van der Waals surface area contributed by atoms with Gasteiger partial charge in [0.25, 0.3) is 10.0 Å². The average molecular weight is 415 g/mol. The first-order valence-corrected chi connectivity index (χ1v) is 10.7. The molecule has 3 rings (SSSR count). The molecule has 0 saturated heterocycles. The summed E-state index contributed by atoms with van der Waals surface area (Å²) in [4.78, 5) is 20.3. The first kappa shape index (κ1) is 19.8. The molecule has 2 aromatic carbocycles. The van der Waals surface area contributed by atoms with Crippen LogP contribution in [0.25, 0.3) is 0 Å². The Kier molecular flexibility index (Phi) is 6.27. The van der Waals surface area contributed by atoms with E-state index in [0.717, 1.165) is 0 Å². The number of hydrogen-bond donors (Lipinski definition) is 1. The number of nitrogens with zero attached hydrogens (tertiary/aromatic N) is 3. The molecule has 7 nitrogen and oxygen atoms in total. The highest BCUT2D eigenvalue weighted by atomic mass is 32.2. The molecular formula is C19H18N4O3S2. The van der Waals surface area contributed by atoms with E-state index in [2.05, 4.69) is 15.3 Å². The second-order valence-corrected chi connectivity index (χ2v) is 8.62. The van der Waals surface area contributed by atoms with Gasteiger partial charge in [-0.2, -0.15) is 0 Å². The number of carbonyl (C=O) groups excluding carboxylic acids is 1. The van der Waals surface area contributed by atoms with Crippen LogP contribution < -0.4 is 9.62 Å². The molecule has 0 aliphatic heterocycles. The van der Waals surface area contributed by atoms with Gasteiger partial charge >= 0.3 is 0 Å². The van der Waals surface area contributed by atoms with Crippen LogP contribution in [-0.4, -0.2) is 37.1 Å². The van der Waals surface area contributed by atoms with Crippen LogP contribution in [0.1, 0.15) is 0 Å². The molecule has 0 saturated carbocycles. The lowest BCUT2D eigenvalue weighted by atomic mass is 10.3. The summed E-state index contributed by atoms with van der Waals surface area (Å²) in [6, 6.07) is 16.7. The van der Waals surface area contributed by atoms with Crippen LogP contribution in [0.3, 0.4) is 0 Å². The SMILES string of the molecule is CN(c1ccccc1)S(=O)(=O)c1cccc(NC(=O)CSc2ncccn2)c1. The number of aromatic nitrogens is 2. The van der Waals surface area contributed by atoms with Crippen molar-refractivity contribution in [1.82, 2.24) is 9.97 Å². The fourth-order valence-corrected chi connectivity index (χ4v) is 4.20. The fourth-order valence-electron chi connectivity index (χ4n) is 2.36. The highest BCUT2D eigenvalue weighted by molar-refractivity contribution is 7.99. The third kappa shape index (κ3) is 4.87. The summed E-state index contributed by atoms with van der Waals surface area (Å²) < 4.78 is 27.0. The maximum absolute atomic E-state index is 12.9. The molecule has 144 valence electrons. The number of sulfonamides is 1. The largest absolute Gasteiger partial charge is 0.325 e.